The molecular weight excluding hydrogens is 438 g/mol. The Morgan fingerprint density at radius 2 is 1.97 bits per heavy atom. The van der Waals surface area contributed by atoms with Crippen LogP contribution in [0.1, 0.15) is 22.3 Å². The first-order valence-corrected chi connectivity index (χ1v) is 11.2. The summed E-state index contributed by atoms with van der Waals surface area (Å²) in [4.78, 5) is 26.8. The van der Waals surface area contributed by atoms with Gasteiger partial charge < -0.3 is 10.2 Å². The lowest BCUT2D eigenvalue weighted by atomic mass is 10.1. The van der Waals surface area contributed by atoms with Crippen molar-refractivity contribution in [3.63, 3.8) is 0 Å². The average molecular weight is 458 g/mol. The number of likely N-dealkylation sites (tertiary alicyclic amines) is 1. The van der Waals surface area contributed by atoms with E-state index < -0.39 is 11.0 Å². The van der Waals surface area contributed by atoms with Gasteiger partial charge in [0.1, 0.15) is 11.0 Å². The Morgan fingerprint density at radius 3 is 2.65 bits per heavy atom. The minimum atomic E-state index is -1.84. The van der Waals surface area contributed by atoms with Crippen LogP contribution in [0.5, 0.6) is 0 Å². The van der Waals surface area contributed by atoms with Crippen molar-refractivity contribution < 1.29 is 13.8 Å². The summed E-state index contributed by atoms with van der Waals surface area (Å²) < 4.78 is 13.6. The number of amides is 2. The maximum absolute atomic E-state index is 12.4. The number of anilines is 1. The molecule has 1 saturated heterocycles. The van der Waals surface area contributed by atoms with Crippen molar-refractivity contribution in [1.82, 2.24) is 14.7 Å². The lowest BCUT2D eigenvalue weighted by molar-refractivity contribution is -0.115. The molecule has 2 heterocycles. The minimum Gasteiger partial charge on any atom is -0.338 e. The Morgan fingerprint density at radius 1 is 1.19 bits per heavy atom. The van der Waals surface area contributed by atoms with Gasteiger partial charge in [0.2, 0.25) is 5.91 Å². The third-order valence-corrected chi connectivity index (χ3v) is 6.12. The van der Waals surface area contributed by atoms with E-state index in [-0.39, 0.29) is 23.1 Å². The molecule has 0 saturated carbocycles. The molecule has 4 rings (SSSR count). The molecule has 10 heteroatoms. The average Bonchev–Trinajstić information content (AvgIpc) is 3.18. The summed E-state index contributed by atoms with van der Waals surface area (Å²) in [6, 6.07) is 12.0. The highest BCUT2D eigenvalue weighted by Gasteiger charge is 2.23. The van der Waals surface area contributed by atoms with Gasteiger partial charge in [-0.05, 0) is 36.2 Å². The normalized spacial score (nSPS) is 14.1. The van der Waals surface area contributed by atoms with E-state index in [0.29, 0.717) is 27.5 Å². The summed E-state index contributed by atoms with van der Waals surface area (Å²) in [6.07, 6.45) is 4.16. The Balaban J connectivity index is 1.54. The first-order chi connectivity index (χ1) is 14.9. The van der Waals surface area contributed by atoms with Crippen molar-refractivity contribution in [2.45, 2.75) is 17.7 Å². The molecule has 1 aliphatic heterocycles. The number of rotatable bonds is 6. The van der Waals surface area contributed by atoms with Crippen LogP contribution in [0.4, 0.5) is 5.69 Å². The van der Waals surface area contributed by atoms with Crippen molar-refractivity contribution in [2.75, 3.05) is 18.4 Å². The molecule has 1 fully saturated rings. The van der Waals surface area contributed by atoms with E-state index in [0.717, 1.165) is 19.5 Å². The van der Waals surface area contributed by atoms with Crippen molar-refractivity contribution in [2.24, 2.45) is 5.14 Å². The highest BCUT2D eigenvalue weighted by atomic mass is 35.5. The van der Waals surface area contributed by atoms with Gasteiger partial charge >= 0.3 is 0 Å². The summed E-state index contributed by atoms with van der Waals surface area (Å²) >= 11 is 6.11. The van der Waals surface area contributed by atoms with Gasteiger partial charge in [-0.3, -0.25) is 9.59 Å². The van der Waals surface area contributed by atoms with Crippen LogP contribution >= 0.6 is 11.6 Å². The van der Waals surface area contributed by atoms with Crippen LogP contribution in [0.2, 0.25) is 5.02 Å². The maximum atomic E-state index is 12.4. The molecule has 3 N–H and O–H groups in total. The fourth-order valence-corrected chi connectivity index (χ4v) is 4.04. The standard InChI is InChI=1S/C21H20ClN5O3S/c22-17-5-2-1-4-14(17)10-20(28)25-16-6-7-18(19(11-16)31(23)30)27-13-15(12-24-27)21(29)26-8-3-9-26/h1-2,4-7,11-13H,3,8-10,23H2,(H,25,28). The maximum Gasteiger partial charge on any atom is 0.257 e. The van der Waals surface area contributed by atoms with Gasteiger partial charge in [-0.25, -0.2) is 14.0 Å². The molecule has 0 radical (unpaired) electrons. The Labute approximate surface area is 186 Å². The zero-order chi connectivity index (χ0) is 22.0. The van der Waals surface area contributed by atoms with Crippen molar-refractivity contribution in [3.05, 3.63) is 71.0 Å². The van der Waals surface area contributed by atoms with Crippen LogP contribution in [-0.4, -0.2) is 43.8 Å². The number of nitrogens with zero attached hydrogens (tertiary/aromatic N) is 3. The molecule has 1 atom stereocenters. The minimum absolute atomic E-state index is 0.0867. The van der Waals surface area contributed by atoms with E-state index >= 15 is 0 Å². The second kappa shape index (κ2) is 9.01. The zero-order valence-electron chi connectivity index (χ0n) is 16.5. The summed E-state index contributed by atoms with van der Waals surface area (Å²) in [5.74, 6) is -0.354. The topological polar surface area (TPSA) is 110 Å². The van der Waals surface area contributed by atoms with E-state index in [4.69, 9.17) is 16.7 Å². The SMILES string of the molecule is NS(=O)c1cc(NC(=O)Cc2ccccc2Cl)ccc1-n1cc(C(=O)N2CCC2)cn1. The molecule has 2 aromatic carbocycles. The molecule has 0 bridgehead atoms. The Kier molecular flexibility index (Phi) is 6.17. The fraction of sp³-hybridized carbons (Fsp3) is 0.190. The lowest BCUT2D eigenvalue weighted by Crippen LogP contribution is -2.41. The first-order valence-electron chi connectivity index (χ1n) is 9.60. The Bertz CT molecular complexity index is 1180. The largest absolute Gasteiger partial charge is 0.338 e. The monoisotopic (exact) mass is 457 g/mol. The van der Waals surface area contributed by atoms with Gasteiger partial charge in [0.15, 0.2) is 0 Å². The smallest absolute Gasteiger partial charge is 0.257 e. The number of hydrogen-bond acceptors (Lipinski definition) is 4. The van der Waals surface area contributed by atoms with Gasteiger partial charge in [-0.1, -0.05) is 29.8 Å². The number of nitrogens with two attached hydrogens (primary N) is 1. The lowest BCUT2D eigenvalue weighted by Gasteiger charge is -2.30. The quantitative estimate of drug-likeness (QED) is 0.592. The van der Waals surface area contributed by atoms with Gasteiger partial charge in [-0.2, -0.15) is 5.10 Å². The summed E-state index contributed by atoms with van der Waals surface area (Å²) in [5, 5.41) is 13.2. The summed E-state index contributed by atoms with van der Waals surface area (Å²) in [6.45, 7) is 1.48. The van der Waals surface area contributed by atoms with Gasteiger partial charge in [0.25, 0.3) is 5.91 Å². The predicted octanol–water partition coefficient (Wildman–Crippen LogP) is 2.53. The van der Waals surface area contributed by atoms with Crippen molar-refractivity contribution in [1.29, 1.82) is 0 Å². The fourth-order valence-electron chi connectivity index (χ4n) is 3.23. The number of carbonyl (C=O) groups excluding carboxylic acids is 2. The molecule has 8 nitrogen and oxygen atoms in total. The van der Waals surface area contributed by atoms with Gasteiger partial charge in [-0.15, -0.1) is 0 Å². The van der Waals surface area contributed by atoms with E-state index in [9.17, 15) is 13.8 Å². The van der Waals surface area contributed by atoms with E-state index in [1.54, 1.807) is 41.4 Å². The number of aromatic nitrogens is 2. The van der Waals surface area contributed by atoms with E-state index in [1.165, 1.54) is 16.9 Å². The second-order valence-corrected chi connectivity index (χ2v) is 8.56. The third-order valence-electron chi connectivity index (χ3n) is 4.99. The second-order valence-electron chi connectivity index (χ2n) is 7.12. The molecule has 1 aliphatic rings. The van der Waals surface area contributed by atoms with Crippen LogP contribution in [-0.2, 0) is 22.2 Å². The van der Waals surface area contributed by atoms with E-state index in [2.05, 4.69) is 10.4 Å². The van der Waals surface area contributed by atoms with Crippen LogP contribution in [0.15, 0.2) is 59.8 Å². The van der Waals surface area contributed by atoms with E-state index in [1.807, 2.05) is 6.07 Å². The summed E-state index contributed by atoms with van der Waals surface area (Å²) in [5.41, 5.74) is 2.06. The predicted molar refractivity (Wildman–Crippen MR) is 118 cm³/mol. The van der Waals surface area contributed by atoms with Crippen LogP contribution in [0, 0.1) is 0 Å². The highest BCUT2D eigenvalue weighted by Crippen LogP contribution is 2.23. The molecule has 0 aliphatic carbocycles. The molecule has 3 aromatic rings. The molecule has 160 valence electrons. The third kappa shape index (κ3) is 4.68. The molecule has 31 heavy (non-hydrogen) atoms. The van der Waals surface area contributed by atoms with Crippen molar-refractivity contribution in [3.8, 4) is 5.69 Å². The first kappa shape index (κ1) is 21.2. The molecule has 0 spiro atoms. The van der Waals surface area contributed by atoms with Crippen LogP contribution in [0.25, 0.3) is 5.69 Å². The number of benzene rings is 2. The van der Waals surface area contributed by atoms with Crippen molar-refractivity contribution >= 4 is 40.1 Å². The zero-order valence-corrected chi connectivity index (χ0v) is 18.0. The number of halogens is 1. The number of nitrogens with one attached hydrogen (secondary N) is 1. The molecular formula is C21H20ClN5O3S. The number of carbonyl (C=O) groups is 2. The molecule has 2 amide bonds. The highest BCUT2D eigenvalue weighted by molar-refractivity contribution is 7.82. The van der Waals surface area contributed by atoms with Crippen LogP contribution in [0.3, 0.4) is 0 Å². The number of hydrogen-bond donors (Lipinski definition) is 2. The van der Waals surface area contributed by atoms with Gasteiger partial charge in [0, 0.05) is 30.0 Å². The summed E-state index contributed by atoms with van der Waals surface area (Å²) in [7, 11) is -1.84. The van der Waals surface area contributed by atoms with Gasteiger partial charge in [0.05, 0.1) is 28.8 Å². The Hall–Kier alpha value is -3.01. The molecule has 1 unspecified atom stereocenters. The molecule has 1 aromatic heterocycles. The van der Waals surface area contributed by atoms with Crippen LogP contribution < -0.4 is 10.5 Å².